The lowest BCUT2D eigenvalue weighted by atomic mass is 9.59. The van der Waals surface area contributed by atoms with Crippen molar-refractivity contribution < 1.29 is 9.53 Å². The van der Waals surface area contributed by atoms with E-state index in [1.165, 1.54) is 32.1 Å². The Morgan fingerprint density at radius 2 is 2.17 bits per heavy atom. The fourth-order valence-corrected chi connectivity index (χ4v) is 6.05. The van der Waals surface area contributed by atoms with Gasteiger partial charge in [0.15, 0.2) is 0 Å². The van der Waals surface area contributed by atoms with Crippen molar-refractivity contribution in [2.45, 2.75) is 71.8 Å². The SMILES string of the molecule is CC1=C2CC3C(CC2(C)CCC1)OC(=O)C3CN1CCCC(C)C1. The molecule has 1 saturated carbocycles. The van der Waals surface area contributed by atoms with Crippen LogP contribution in [-0.4, -0.2) is 36.6 Å². The molecule has 134 valence electrons. The highest BCUT2D eigenvalue weighted by atomic mass is 16.6. The number of hydrogen-bond acceptors (Lipinski definition) is 3. The van der Waals surface area contributed by atoms with Gasteiger partial charge in [-0.1, -0.05) is 25.0 Å². The first-order valence-corrected chi connectivity index (χ1v) is 10.1. The summed E-state index contributed by atoms with van der Waals surface area (Å²) in [5.41, 5.74) is 3.57. The van der Waals surface area contributed by atoms with E-state index in [2.05, 4.69) is 25.7 Å². The normalized spacial score (nSPS) is 43.4. The number of carbonyl (C=O) groups is 1. The van der Waals surface area contributed by atoms with Gasteiger partial charge in [-0.25, -0.2) is 0 Å². The maximum Gasteiger partial charge on any atom is 0.310 e. The molecular formula is C21H33NO2. The summed E-state index contributed by atoms with van der Waals surface area (Å²) in [4.78, 5) is 15.1. The zero-order valence-electron chi connectivity index (χ0n) is 15.6. The second-order valence-electron chi connectivity index (χ2n) is 9.33. The van der Waals surface area contributed by atoms with Crippen molar-refractivity contribution in [3.8, 4) is 0 Å². The first kappa shape index (κ1) is 16.6. The number of allylic oxidation sites excluding steroid dienone is 2. The Labute approximate surface area is 146 Å². The highest BCUT2D eigenvalue weighted by Crippen LogP contribution is 2.55. The van der Waals surface area contributed by atoms with Crippen LogP contribution in [0.25, 0.3) is 0 Å². The van der Waals surface area contributed by atoms with Crippen molar-refractivity contribution >= 4 is 5.97 Å². The zero-order valence-corrected chi connectivity index (χ0v) is 15.6. The van der Waals surface area contributed by atoms with Gasteiger partial charge in [0.05, 0.1) is 5.92 Å². The van der Waals surface area contributed by atoms with Crippen LogP contribution in [0.1, 0.15) is 65.7 Å². The standard InChI is InChI=1S/C21H33NO2/c1-14-6-5-9-22(12-14)13-17-16-10-18-15(2)7-4-8-21(18,3)11-19(16)24-20(17)23/h14,16-17,19H,4-13H2,1-3H3. The largest absolute Gasteiger partial charge is 0.462 e. The predicted molar refractivity (Wildman–Crippen MR) is 95.6 cm³/mol. The summed E-state index contributed by atoms with van der Waals surface area (Å²) in [5.74, 6) is 1.38. The number of rotatable bonds is 2. The van der Waals surface area contributed by atoms with E-state index >= 15 is 0 Å². The molecule has 24 heavy (non-hydrogen) atoms. The average Bonchev–Trinajstić information content (AvgIpc) is 2.80. The smallest absolute Gasteiger partial charge is 0.310 e. The first-order chi connectivity index (χ1) is 11.5. The Morgan fingerprint density at radius 3 is 2.96 bits per heavy atom. The number of piperidine rings is 1. The van der Waals surface area contributed by atoms with E-state index in [1.54, 1.807) is 11.1 Å². The predicted octanol–water partition coefficient (Wildman–Crippen LogP) is 4.18. The molecular weight excluding hydrogens is 298 g/mol. The highest BCUT2D eigenvalue weighted by Gasteiger charge is 2.53. The van der Waals surface area contributed by atoms with Crippen LogP contribution in [0.15, 0.2) is 11.1 Å². The molecule has 0 bridgehead atoms. The first-order valence-electron chi connectivity index (χ1n) is 10.1. The van der Waals surface area contributed by atoms with E-state index in [0.29, 0.717) is 5.92 Å². The Balaban J connectivity index is 1.52. The van der Waals surface area contributed by atoms with Crippen LogP contribution >= 0.6 is 0 Å². The van der Waals surface area contributed by atoms with Crippen LogP contribution in [0, 0.1) is 23.2 Å². The van der Waals surface area contributed by atoms with Gasteiger partial charge in [0.25, 0.3) is 0 Å². The van der Waals surface area contributed by atoms with Gasteiger partial charge in [0.2, 0.25) is 0 Å². The molecule has 5 unspecified atom stereocenters. The van der Waals surface area contributed by atoms with Crippen LogP contribution < -0.4 is 0 Å². The maximum absolute atomic E-state index is 12.6. The Hall–Kier alpha value is -0.830. The quantitative estimate of drug-likeness (QED) is 0.562. The van der Waals surface area contributed by atoms with Crippen molar-refractivity contribution in [1.82, 2.24) is 4.90 Å². The van der Waals surface area contributed by atoms with Gasteiger partial charge >= 0.3 is 5.97 Å². The van der Waals surface area contributed by atoms with Gasteiger partial charge in [-0.15, -0.1) is 0 Å². The van der Waals surface area contributed by atoms with Gasteiger partial charge in [-0.05, 0) is 69.7 Å². The van der Waals surface area contributed by atoms with Gasteiger partial charge in [-0.3, -0.25) is 4.79 Å². The van der Waals surface area contributed by atoms with E-state index in [0.717, 1.165) is 38.4 Å². The summed E-state index contributed by atoms with van der Waals surface area (Å²) in [6.45, 7) is 10.3. The lowest BCUT2D eigenvalue weighted by Gasteiger charge is -2.46. The summed E-state index contributed by atoms with van der Waals surface area (Å²) >= 11 is 0. The molecule has 2 heterocycles. The van der Waals surface area contributed by atoms with E-state index < -0.39 is 0 Å². The molecule has 4 aliphatic rings. The molecule has 4 rings (SSSR count). The van der Waals surface area contributed by atoms with Crippen LogP contribution in [0.4, 0.5) is 0 Å². The number of carbonyl (C=O) groups excluding carboxylic acids is 1. The zero-order chi connectivity index (χ0) is 16.9. The average molecular weight is 332 g/mol. The summed E-state index contributed by atoms with van der Waals surface area (Å²) < 4.78 is 5.91. The fraction of sp³-hybridized carbons (Fsp3) is 0.857. The third kappa shape index (κ3) is 2.83. The summed E-state index contributed by atoms with van der Waals surface area (Å²) in [7, 11) is 0. The Kier molecular flexibility index (Phi) is 4.27. The molecule has 5 atom stereocenters. The summed E-state index contributed by atoms with van der Waals surface area (Å²) in [6, 6.07) is 0. The van der Waals surface area contributed by atoms with Crippen molar-refractivity contribution in [1.29, 1.82) is 0 Å². The third-order valence-electron chi connectivity index (χ3n) is 7.38. The second-order valence-corrected chi connectivity index (χ2v) is 9.33. The molecule has 3 fully saturated rings. The summed E-state index contributed by atoms with van der Waals surface area (Å²) in [5, 5.41) is 0. The lowest BCUT2D eigenvalue weighted by Crippen LogP contribution is -2.43. The van der Waals surface area contributed by atoms with Crippen molar-refractivity contribution in [2.75, 3.05) is 19.6 Å². The molecule has 0 spiro atoms. The second kappa shape index (κ2) is 6.16. The molecule has 0 aromatic rings. The molecule has 0 amide bonds. The van der Waals surface area contributed by atoms with E-state index in [1.807, 2.05) is 0 Å². The number of hydrogen-bond donors (Lipinski definition) is 0. The Bertz CT molecular complexity index is 554. The number of ether oxygens (including phenoxy) is 1. The topological polar surface area (TPSA) is 29.5 Å². The number of likely N-dealkylation sites (tertiary alicyclic amines) is 1. The number of nitrogens with zero attached hydrogens (tertiary/aromatic N) is 1. The molecule has 2 aliphatic heterocycles. The molecule has 0 aromatic carbocycles. The maximum atomic E-state index is 12.6. The van der Waals surface area contributed by atoms with Crippen molar-refractivity contribution in [3.05, 3.63) is 11.1 Å². The third-order valence-corrected chi connectivity index (χ3v) is 7.38. The summed E-state index contributed by atoms with van der Waals surface area (Å²) in [6.07, 6.45) is 8.77. The minimum atomic E-state index is 0.0868. The minimum Gasteiger partial charge on any atom is -0.462 e. The monoisotopic (exact) mass is 331 g/mol. The number of fused-ring (bicyclic) bond motifs is 2. The number of esters is 1. The molecule has 0 N–H and O–H groups in total. The van der Waals surface area contributed by atoms with E-state index in [-0.39, 0.29) is 23.4 Å². The fourth-order valence-electron chi connectivity index (χ4n) is 6.05. The van der Waals surface area contributed by atoms with Gasteiger partial charge < -0.3 is 9.64 Å². The van der Waals surface area contributed by atoms with Crippen molar-refractivity contribution in [2.24, 2.45) is 23.2 Å². The molecule has 2 aliphatic carbocycles. The lowest BCUT2D eigenvalue weighted by molar-refractivity contribution is -0.145. The minimum absolute atomic E-state index is 0.0868. The Morgan fingerprint density at radius 1 is 1.33 bits per heavy atom. The molecule has 0 radical (unpaired) electrons. The van der Waals surface area contributed by atoms with Crippen molar-refractivity contribution in [3.63, 3.8) is 0 Å². The van der Waals surface area contributed by atoms with E-state index in [9.17, 15) is 4.79 Å². The van der Waals surface area contributed by atoms with Gasteiger partial charge in [-0.2, -0.15) is 0 Å². The molecule has 3 heteroatoms. The van der Waals surface area contributed by atoms with Crippen LogP contribution in [0.5, 0.6) is 0 Å². The van der Waals surface area contributed by atoms with Crippen LogP contribution in [0.3, 0.4) is 0 Å². The van der Waals surface area contributed by atoms with Crippen LogP contribution in [-0.2, 0) is 9.53 Å². The van der Waals surface area contributed by atoms with Gasteiger partial charge in [0, 0.05) is 19.0 Å². The highest BCUT2D eigenvalue weighted by molar-refractivity contribution is 5.76. The molecule has 3 nitrogen and oxygen atoms in total. The molecule has 2 saturated heterocycles. The van der Waals surface area contributed by atoms with Gasteiger partial charge in [0.1, 0.15) is 6.10 Å². The molecule has 0 aromatic heterocycles. The van der Waals surface area contributed by atoms with Crippen LogP contribution in [0.2, 0.25) is 0 Å². The van der Waals surface area contributed by atoms with E-state index in [4.69, 9.17) is 4.74 Å².